The first-order chi connectivity index (χ1) is 12.8. The predicted octanol–water partition coefficient (Wildman–Crippen LogP) is 3.47. The summed E-state index contributed by atoms with van der Waals surface area (Å²) in [5, 5.41) is 8.77. The maximum atomic E-state index is 12.9. The second kappa shape index (κ2) is 6.25. The molecule has 0 radical (unpaired) electrons. The molecular formula is C20H26N4O2. The summed E-state index contributed by atoms with van der Waals surface area (Å²) in [6, 6.07) is 3.54. The monoisotopic (exact) mass is 354 g/mol. The molecule has 3 aliphatic rings. The molecule has 0 aromatic carbocycles. The minimum absolute atomic E-state index is 0.00991. The molecule has 3 fully saturated rings. The standard InChI is InChI=1S/C20H26N4O2/c25-19(17-5-4-10-26-17)23-12-16(20(13-23)8-2-1-3-9-20)18-22-21-14-24(18)11-15-6-7-15/h4-5,10,14-16H,1-3,6-9,11-13H2. The molecule has 6 heteroatoms. The van der Waals surface area contributed by atoms with E-state index in [0.29, 0.717) is 5.76 Å². The zero-order valence-corrected chi connectivity index (χ0v) is 15.1. The molecule has 138 valence electrons. The third-order valence-corrected chi connectivity index (χ3v) is 6.63. The first-order valence-corrected chi connectivity index (χ1v) is 9.96. The van der Waals surface area contributed by atoms with Crippen LogP contribution in [0.15, 0.2) is 29.1 Å². The molecular weight excluding hydrogens is 328 g/mol. The molecule has 2 saturated carbocycles. The van der Waals surface area contributed by atoms with Crippen LogP contribution in [0.5, 0.6) is 0 Å². The van der Waals surface area contributed by atoms with Gasteiger partial charge >= 0.3 is 0 Å². The predicted molar refractivity (Wildman–Crippen MR) is 95.6 cm³/mol. The second-order valence-corrected chi connectivity index (χ2v) is 8.42. The van der Waals surface area contributed by atoms with E-state index in [1.165, 1.54) is 44.9 Å². The quantitative estimate of drug-likeness (QED) is 0.843. The van der Waals surface area contributed by atoms with E-state index in [2.05, 4.69) is 14.8 Å². The maximum absolute atomic E-state index is 12.9. The molecule has 0 N–H and O–H groups in total. The molecule has 26 heavy (non-hydrogen) atoms. The van der Waals surface area contributed by atoms with Crippen LogP contribution in [0, 0.1) is 11.3 Å². The molecule has 2 aromatic rings. The van der Waals surface area contributed by atoms with Crippen molar-refractivity contribution < 1.29 is 9.21 Å². The van der Waals surface area contributed by atoms with E-state index in [1.807, 2.05) is 11.2 Å². The lowest BCUT2D eigenvalue weighted by atomic mass is 9.67. The van der Waals surface area contributed by atoms with Gasteiger partial charge in [-0.25, -0.2) is 0 Å². The molecule has 1 amide bonds. The molecule has 3 heterocycles. The van der Waals surface area contributed by atoms with Gasteiger partial charge in [-0.15, -0.1) is 10.2 Å². The van der Waals surface area contributed by atoms with Gasteiger partial charge in [0.2, 0.25) is 0 Å². The summed E-state index contributed by atoms with van der Waals surface area (Å²) in [6.07, 6.45) is 12.2. The van der Waals surface area contributed by atoms with E-state index in [4.69, 9.17) is 4.42 Å². The molecule has 1 aliphatic heterocycles. The third kappa shape index (κ3) is 2.75. The lowest BCUT2D eigenvalue weighted by molar-refractivity contribution is 0.0727. The molecule has 1 saturated heterocycles. The van der Waals surface area contributed by atoms with E-state index in [1.54, 1.807) is 18.4 Å². The fourth-order valence-electron chi connectivity index (χ4n) is 5.05. The highest BCUT2D eigenvalue weighted by Gasteiger charge is 2.51. The Kier molecular flexibility index (Phi) is 3.87. The molecule has 2 aliphatic carbocycles. The molecule has 2 aromatic heterocycles. The van der Waals surface area contributed by atoms with Crippen molar-refractivity contribution in [1.29, 1.82) is 0 Å². The number of carbonyl (C=O) groups excluding carboxylic acids is 1. The number of hydrogen-bond donors (Lipinski definition) is 0. The highest BCUT2D eigenvalue weighted by Crippen LogP contribution is 2.52. The van der Waals surface area contributed by atoms with Crippen molar-refractivity contribution in [2.45, 2.75) is 57.4 Å². The van der Waals surface area contributed by atoms with Crippen LogP contribution in [0.1, 0.15) is 67.2 Å². The van der Waals surface area contributed by atoms with Crippen LogP contribution in [0.25, 0.3) is 0 Å². The average molecular weight is 354 g/mol. The van der Waals surface area contributed by atoms with Crippen LogP contribution in [0.3, 0.4) is 0 Å². The Hall–Kier alpha value is -2.11. The maximum Gasteiger partial charge on any atom is 0.289 e. The Bertz CT molecular complexity index is 772. The number of carbonyl (C=O) groups is 1. The van der Waals surface area contributed by atoms with Gasteiger partial charge in [-0.2, -0.15) is 0 Å². The largest absolute Gasteiger partial charge is 0.459 e. The van der Waals surface area contributed by atoms with Crippen molar-refractivity contribution >= 4 is 5.91 Å². The minimum Gasteiger partial charge on any atom is -0.459 e. The molecule has 1 spiro atoms. The van der Waals surface area contributed by atoms with Gasteiger partial charge in [-0.1, -0.05) is 19.3 Å². The fourth-order valence-corrected chi connectivity index (χ4v) is 5.05. The molecule has 1 atom stereocenters. The number of likely N-dealkylation sites (tertiary alicyclic amines) is 1. The fraction of sp³-hybridized carbons (Fsp3) is 0.650. The van der Waals surface area contributed by atoms with Crippen molar-refractivity contribution in [1.82, 2.24) is 19.7 Å². The third-order valence-electron chi connectivity index (χ3n) is 6.63. The van der Waals surface area contributed by atoms with Crippen LogP contribution in [0.2, 0.25) is 0 Å². The lowest BCUT2D eigenvalue weighted by Crippen LogP contribution is -2.34. The van der Waals surface area contributed by atoms with Crippen molar-refractivity contribution in [3.05, 3.63) is 36.3 Å². The van der Waals surface area contributed by atoms with E-state index < -0.39 is 0 Å². The zero-order chi connectivity index (χ0) is 17.6. The van der Waals surface area contributed by atoms with Crippen molar-refractivity contribution in [2.75, 3.05) is 13.1 Å². The van der Waals surface area contributed by atoms with Gasteiger partial charge in [0.05, 0.1) is 6.26 Å². The van der Waals surface area contributed by atoms with Crippen LogP contribution in [-0.2, 0) is 6.54 Å². The first-order valence-electron chi connectivity index (χ1n) is 9.96. The molecule has 6 nitrogen and oxygen atoms in total. The highest BCUT2D eigenvalue weighted by molar-refractivity contribution is 5.91. The average Bonchev–Trinajstić information content (AvgIpc) is 3.05. The number of hydrogen-bond acceptors (Lipinski definition) is 4. The normalized spacial score (nSPS) is 25.1. The lowest BCUT2D eigenvalue weighted by Gasteiger charge is -2.37. The summed E-state index contributed by atoms with van der Waals surface area (Å²) in [6.45, 7) is 2.57. The number of nitrogens with zero attached hydrogens (tertiary/aromatic N) is 4. The van der Waals surface area contributed by atoms with Gasteiger partial charge in [0.25, 0.3) is 5.91 Å². The number of furan rings is 1. The molecule has 1 unspecified atom stereocenters. The smallest absolute Gasteiger partial charge is 0.289 e. The van der Waals surface area contributed by atoms with Gasteiger partial charge in [0, 0.05) is 25.6 Å². The minimum atomic E-state index is 0.00991. The van der Waals surface area contributed by atoms with Gasteiger partial charge in [0.15, 0.2) is 5.76 Å². The number of rotatable bonds is 4. The Labute approximate surface area is 153 Å². The zero-order valence-electron chi connectivity index (χ0n) is 15.1. The van der Waals surface area contributed by atoms with Gasteiger partial charge in [0.1, 0.15) is 12.2 Å². The number of amides is 1. The van der Waals surface area contributed by atoms with Crippen LogP contribution < -0.4 is 0 Å². The summed E-state index contributed by atoms with van der Waals surface area (Å²) >= 11 is 0. The van der Waals surface area contributed by atoms with Gasteiger partial charge in [-0.05, 0) is 49.1 Å². The Morgan fingerprint density at radius 3 is 2.85 bits per heavy atom. The summed E-state index contributed by atoms with van der Waals surface area (Å²) in [7, 11) is 0. The molecule has 5 rings (SSSR count). The number of aromatic nitrogens is 3. The summed E-state index contributed by atoms with van der Waals surface area (Å²) in [4.78, 5) is 14.9. The van der Waals surface area contributed by atoms with Crippen LogP contribution in [-0.4, -0.2) is 38.7 Å². The SMILES string of the molecule is O=C(c1ccco1)N1CC(c2nncn2CC2CC2)C2(CCCCC2)C1. The summed E-state index contributed by atoms with van der Waals surface area (Å²) < 4.78 is 7.63. The second-order valence-electron chi connectivity index (χ2n) is 8.42. The summed E-state index contributed by atoms with van der Waals surface area (Å²) in [5.41, 5.74) is 0.148. The van der Waals surface area contributed by atoms with Gasteiger partial charge in [-0.3, -0.25) is 4.79 Å². The summed E-state index contributed by atoms with van der Waals surface area (Å²) in [5.74, 6) is 2.61. The topological polar surface area (TPSA) is 64.2 Å². The van der Waals surface area contributed by atoms with Crippen molar-refractivity contribution in [3.63, 3.8) is 0 Å². The first kappa shape index (κ1) is 16.1. The Morgan fingerprint density at radius 2 is 2.12 bits per heavy atom. The van der Waals surface area contributed by atoms with Crippen LogP contribution >= 0.6 is 0 Å². The van der Waals surface area contributed by atoms with E-state index in [0.717, 1.165) is 31.4 Å². The van der Waals surface area contributed by atoms with Crippen molar-refractivity contribution in [3.8, 4) is 0 Å². The highest BCUT2D eigenvalue weighted by atomic mass is 16.3. The van der Waals surface area contributed by atoms with E-state index in [-0.39, 0.29) is 17.2 Å². The van der Waals surface area contributed by atoms with E-state index >= 15 is 0 Å². The Morgan fingerprint density at radius 1 is 1.27 bits per heavy atom. The Balaban J connectivity index is 1.46. The van der Waals surface area contributed by atoms with E-state index in [9.17, 15) is 4.79 Å². The van der Waals surface area contributed by atoms with Crippen LogP contribution in [0.4, 0.5) is 0 Å². The van der Waals surface area contributed by atoms with Crippen molar-refractivity contribution in [2.24, 2.45) is 11.3 Å². The molecule has 0 bridgehead atoms. The van der Waals surface area contributed by atoms with Gasteiger partial charge < -0.3 is 13.9 Å².